The van der Waals surface area contributed by atoms with E-state index < -0.39 is 6.10 Å². The second-order valence-corrected chi connectivity index (χ2v) is 27.0. The monoisotopic (exact) mass is 1310 g/mol. The van der Waals surface area contributed by atoms with Gasteiger partial charge >= 0.3 is 0 Å². The van der Waals surface area contributed by atoms with Crippen molar-refractivity contribution in [1.29, 1.82) is 0 Å². The molecule has 2 unspecified atom stereocenters. The average molecular weight is 1310 g/mol. The van der Waals surface area contributed by atoms with Gasteiger partial charge in [-0.2, -0.15) is 0 Å². The Labute approximate surface area is 558 Å². The van der Waals surface area contributed by atoms with Crippen molar-refractivity contribution in [3.05, 3.63) is 92.3 Å². The third kappa shape index (κ3) is 16.8. The summed E-state index contributed by atoms with van der Waals surface area (Å²) in [5.41, 5.74) is 39.0. The highest BCUT2D eigenvalue weighted by Gasteiger charge is 2.45. The number of ether oxygens (including phenoxy) is 1. The maximum absolute atomic E-state index is 12.2. The van der Waals surface area contributed by atoms with Gasteiger partial charge in [-0.25, -0.2) is 0 Å². The Morgan fingerprint density at radius 2 is 0.926 bits per heavy atom. The minimum atomic E-state index is -0.429. The number of hydrogen-bond acceptors (Lipinski definition) is 22. The summed E-state index contributed by atoms with van der Waals surface area (Å²) in [6.07, 6.45) is 27.4. The first-order valence-corrected chi connectivity index (χ1v) is 33.5. The molecule has 5 amide bonds. The first-order valence-electron chi connectivity index (χ1n) is 33.5. The predicted octanol–water partition coefficient (Wildman–Crippen LogP) is 3.45. The highest BCUT2D eigenvalue weighted by atomic mass is 16.5. The molecule has 0 radical (unpaired) electrons. The van der Waals surface area contributed by atoms with Crippen molar-refractivity contribution in [3.8, 4) is 0 Å². The number of piperidine rings is 4. The van der Waals surface area contributed by atoms with E-state index in [0.717, 1.165) is 195 Å². The van der Waals surface area contributed by atoms with Crippen LogP contribution < -0.4 is 53.2 Å². The molecule has 14 heterocycles. The standard InChI is InChI=1S/C15H22N4O.2C14H20N4O.C13H19N5O.C12H18N4O2/c1-18-11-15(4-2-14(18)20)5-8-19(9-6-15)13-3-7-17-10-12(13)16;1-17-10-14(8-13(17)19)3-6-18(7-4-14)12-2-5-16-9-11(12)15;15-12-10-16-6-3-13(12)17-8-4-11(5-9-17)18-7-1-2-14(18)19;1-16-4-5-17-6-7-18(9-12(17)13(16)19)11-2-3-15-8-10(11)14;1-15(2)12(17)11-8-16(5-6-18-11)10-3-4-14-7-9(10)13/h3,7,10H,2,4-6,8-9,11,16H2,1H3;2,5,9H,3-4,6-8,10,15H2,1H3;3,6,10-11H,1-2,4-5,7-9,15H2;2-3,8,12H,4-7,9,14H2,1H3;3-4,7,11H,5-6,8,13H2,1-2H3. The minimum Gasteiger partial charge on any atom is -0.396 e. The van der Waals surface area contributed by atoms with Crippen LogP contribution in [0.4, 0.5) is 56.9 Å². The number of pyridine rings is 5. The average Bonchev–Trinajstić information content (AvgIpc) is 1.51. The van der Waals surface area contributed by atoms with Crippen molar-refractivity contribution in [2.45, 2.75) is 88.8 Å². The number of rotatable bonds is 7. The molecule has 2 atom stereocenters. The lowest BCUT2D eigenvalue weighted by Crippen LogP contribution is -2.64. The molecule has 0 saturated carbocycles. The topological polar surface area (TPSA) is 325 Å². The molecular weight excluding hydrogens is 1210 g/mol. The van der Waals surface area contributed by atoms with Crippen molar-refractivity contribution in [1.82, 2.24) is 54.3 Å². The number of carbonyl (C=O) groups excluding carboxylic acids is 5. The summed E-state index contributed by atoms with van der Waals surface area (Å²) in [6.45, 7) is 14.7. The third-order valence-corrected chi connectivity index (χ3v) is 20.6. The van der Waals surface area contributed by atoms with Crippen molar-refractivity contribution >= 4 is 86.4 Å². The molecule has 9 aliphatic heterocycles. The van der Waals surface area contributed by atoms with Crippen LogP contribution in [0.15, 0.2) is 92.3 Å². The molecule has 9 aliphatic rings. The lowest BCUT2D eigenvalue weighted by atomic mass is 9.72. The fraction of sp³-hybridized carbons (Fsp3) is 0.559. The first-order chi connectivity index (χ1) is 45.7. The fourth-order valence-electron chi connectivity index (χ4n) is 14.9. The Balaban J connectivity index is 0.000000129. The number of likely N-dealkylation sites (N-methyl/N-ethyl adjacent to an activating group) is 2. The van der Waals surface area contributed by atoms with Crippen molar-refractivity contribution in [3.63, 3.8) is 0 Å². The number of nitrogens with zero attached hydrogens (tertiary/aromatic N) is 16. The zero-order chi connectivity index (χ0) is 67.4. The SMILES string of the molecule is CN(C)C(=O)C1CN(c2ccncc2N)CCO1.CN1CC2(CCC1=O)CCN(c1ccncc1N)CC2.CN1CC2(CCN(c3ccncc3N)CC2)CC1=O.CN1CCN2CCN(c3ccncc3N)CC2C1=O.Nc1cnccc1N1CCC(N2CCCC2=O)CC1. The molecular formula is C68H99N21O6. The van der Waals surface area contributed by atoms with Crippen LogP contribution in [-0.4, -0.2) is 249 Å². The van der Waals surface area contributed by atoms with Crippen LogP contribution in [0.1, 0.15) is 70.6 Å². The molecule has 14 rings (SSSR count). The molecule has 512 valence electrons. The summed E-state index contributed by atoms with van der Waals surface area (Å²) in [5, 5.41) is 0. The molecule has 5 aromatic heterocycles. The van der Waals surface area contributed by atoms with Gasteiger partial charge in [-0.15, -0.1) is 0 Å². The van der Waals surface area contributed by atoms with E-state index in [9.17, 15) is 24.0 Å². The van der Waals surface area contributed by atoms with E-state index in [2.05, 4.69) is 59.2 Å². The molecule has 27 heteroatoms. The summed E-state index contributed by atoms with van der Waals surface area (Å²) in [6, 6.07) is 10.1. The van der Waals surface area contributed by atoms with Gasteiger partial charge in [0.2, 0.25) is 23.6 Å². The van der Waals surface area contributed by atoms with Gasteiger partial charge in [-0.3, -0.25) is 53.8 Å². The van der Waals surface area contributed by atoms with Gasteiger partial charge in [-0.05, 0) is 87.1 Å². The van der Waals surface area contributed by atoms with Crippen LogP contribution in [0.25, 0.3) is 0 Å². The maximum Gasteiger partial charge on any atom is 0.253 e. The zero-order valence-electron chi connectivity index (χ0n) is 56.2. The molecule has 0 aliphatic carbocycles. The van der Waals surface area contributed by atoms with Crippen LogP contribution in [0.3, 0.4) is 0 Å². The Morgan fingerprint density at radius 3 is 1.37 bits per heavy atom. The Kier molecular flexibility index (Phi) is 22.5. The number of carbonyl (C=O) groups is 5. The van der Waals surface area contributed by atoms with Crippen LogP contribution in [0.5, 0.6) is 0 Å². The number of nitrogens with two attached hydrogens (primary N) is 5. The Morgan fingerprint density at radius 1 is 0.484 bits per heavy atom. The normalized spacial score (nSPS) is 22.0. The van der Waals surface area contributed by atoms with E-state index in [1.165, 1.54) is 0 Å². The summed E-state index contributed by atoms with van der Waals surface area (Å²) < 4.78 is 5.50. The maximum atomic E-state index is 12.2. The van der Waals surface area contributed by atoms with E-state index in [0.29, 0.717) is 61.3 Å². The Hall–Kier alpha value is -8.98. The van der Waals surface area contributed by atoms with Gasteiger partial charge in [0.25, 0.3) is 5.91 Å². The van der Waals surface area contributed by atoms with E-state index >= 15 is 0 Å². The second kappa shape index (κ2) is 31.1. The lowest BCUT2D eigenvalue weighted by Gasteiger charge is -2.47. The molecule has 9 saturated heterocycles. The second-order valence-electron chi connectivity index (χ2n) is 27.0. The van der Waals surface area contributed by atoms with Crippen molar-refractivity contribution < 1.29 is 28.7 Å². The lowest BCUT2D eigenvalue weighted by molar-refractivity contribution is -0.142. The largest absolute Gasteiger partial charge is 0.396 e. The predicted molar refractivity (Wildman–Crippen MR) is 372 cm³/mol. The minimum absolute atomic E-state index is 0.0210. The molecule has 27 nitrogen and oxygen atoms in total. The van der Waals surface area contributed by atoms with Crippen LogP contribution in [-0.2, 0) is 28.7 Å². The number of hydrogen-bond donors (Lipinski definition) is 5. The van der Waals surface area contributed by atoms with Crippen LogP contribution in [0, 0.1) is 10.8 Å². The van der Waals surface area contributed by atoms with Crippen LogP contribution in [0.2, 0.25) is 0 Å². The van der Waals surface area contributed by atoms with Crippen molar-refractivity contribution in [2.24, 2.45) is 10.8 Å². The number of likely N-dealkylation sites (tertiary alicyclic amines) is 3. The summed E-state index contributed by atoms with van der Waals surface area (Å²) in [5.74, 6) is 1.10. The van der Waals surface area contributed by atoms with Gasteiger partial charge < -0.3 is 82.4 Å². The number of morpholine rings is 1. The van der Waals surface area contributed by atoms with E-state index in [1.54, 1.807) is 81.0 Å². The highest BCUT2D eigenvalue weighted by Crippen LogP contribution is 2.43. The number of amides is 5. The quantitative estimate of drug-likeness (QED) is 0.156. The Bertz CT molecular complexity index is 3430. The van der Waals surface area contributed by atoms with E-state index in [1.807, 2.05) is 66.2 Å². The van der Waals surface area contributed by atoms with E-state index in [4.69, 9.17) is 33.4 Å². The van der Waals surface area contributed by atoms with Gasteiger partial charge in [0, 0.05) is 195 Å². The molecule has 5 aromatic rings. The zero-order valence-corrected chi connectivity index (χ0v) is 56.2. The number of nitrogen functional groups attached to an aromatic ring is 5. The summed E-state index contributed by atoms with van der Waals surface area (Å²) >= 11 is 0. The molecule has 0 aromatic carbocycles. The molecule has 9 fully saturated rings. The van der Waals surface area contributed by atoms with Gasteiger partial charge in [0.15, 0.2) is 6.10 Å². The first kappa shape index (κ1) is 68.9. The highest BCUT2D eigenvalue weighted by molar-refractivity contribution is 5.84. The summed E-state index contributed by atoms with van der Waals surface area (Å²) in [7, 11) is 9.16. The third-order valence-electron chi connectivity index (χ3n) is 20.6. The van der Waals surface area contributed by atoms with Crippen molar-refractivity contribution in [2.75, 3.05) is 200 Å². The number of anilines is 10. The van der Waals surface area contributed by atoms with Crippen LogP contribution >= 0.6 is 0 Å². The molecule has 10 N–H and O–H groups in total. The summed E-state index contributed by atoms with van der Waals surface area (Å²) in [4.78, 5) is 102. The number of aromatic nitrogens is 5. The van der Waals surface area contributed by atoms with Gasteiger partial charge in [0.1, 0.15) is 6.04 Å². The molecule has 95 heavy (non-hydrogen) atoms. The smallest absolute Gasteiger partial charge is 0.253 e. The van der Waals surface area contributed by atoms with E-state index in [-0.39, 0.29) is 35.1 Å². The van der Waals surface area contributed by atoms with Gasteiger partial charge in [-0.1, -0.05) is 0 Å². The number of piperazine rings is 2. The van der Waals surface area contributed by atoms with Gasteiger partial charge in [0.05, 0.1) is 101 Å². The fourth-order valence-corrected chi connectivity index (χ4v) is 14.9. The molecule has 0 bridgehead atoms. The molecule has 2 spiro atoms. The number of fused-ring (bicyclic) bond motifs is 1.